The molecule has 2 rings (SSSR count). The minimum absolute atomic E-state index is 0.0857. The lowest BCUT2D eigenvalue weighted by Crippen LogP contribution is -2.36. The summed E-state index contributed by atoms with van der Waals surface area (Å²) >= 11 is 0. The van der Waals surface area contributed by atoms with Crippen molar-refractivity contribution in [3.8, 4) is 5.75 Å². The molecule has 0 unspecified atom stereocenters. The van der Waals surface area contributed by atoms with Crippen LogP contribution in [0.25, 0.3) is 0 Å². The van der Waals surface area contributed by atoms with Crippen LogP contribution in [0.15, 0.2) is 24.3 Å². The van der Waals surface area contributed by atoms with Crippen molar-refractivity contribution in [2.45, 2.75) is 63.8 Å². The maximum absolute atomic E-state index is 12.4. The first kappa shape index (κ1) is 18.5. The van der Waals surface area contributed by atoms with Crippen molar-refractivity contribution >= 4 is 11.7 Å². The van der Waals surface area contributed by atoms with Crippen molar-refractivity contribution in [2.75, 3.05) is 14.2 Å². The number of Topliss-reactive ketones (excluding diaryl/α,β-unsaturated/α-hetero) is 1. The molecule has 0 bridgehead atoms. The third-order valence-corrected chi connectivity index (χ3v) is 4.97. The molecule has 0 aromatic heterocycles. The second-order valence-corrected chi connectivity index (χ2v) is 6.66. The summed E-state index contributed by atoms with van der Waals surface area (Å²) in [5.74, 6) is 0.999. The topological polar surface area (TPSA) is 46.6 Å². The lowest BCUT2D eigenvalue weighted by Gasteiger charge is -2.27. The van der Waals surface area contributed by atoms with Crippen LogP contribution in [0, 0.1) is 0 Å². The Morgan fingerprint density at radius 3 is 2.25 bits per heavy atom. The van der Waals surface area contributed by atoms with Crippen molar-refractivity contribution < 1.29 is 14.3 Å². The van der Waals surface area contributed by atoms with Crippen LogP contribution in [-0.2, 0) is 4.79 Å². The molecule has 0 atom stereocenters. The SMILES string of the molecule is COc1ccc(C(=O)CCCC(=O)N(C)C2CCCCCC2)cc1. The first-order valence-corrected chi connectivity index (χ1v) is 9.04. The van der Waals surface area contributed by atoms with Crippen molar-refractivity contribution in [1.82, 2.24) is 4.90 Å². The number of methoxy groups -OCH3 is 1. The van der Waals surface area contributed by atoms with Crippen LogP contribution in [0.2, 0.25) is 0 Å². The molecule has 0 aliphatic heterocycles. The molecule has 1 saturated carbocycles. The summed E-state index contributed by atoms with van der Waals surface area (Å²) in [7, 11) is 3.52. The van der Waals surface area contributed by atoms with Gasteiger partial charge in [-0.2, -0.15) is 0 Å². The van der Waals surface area contributed by atoms with Gasteiger partial charge in [-0.15, -0.1) is 0 Å². The summed E-state index contributed by atoms with van der Waals surface area (Å²) < 4.78 is 5.09. The third-order valence-electron chi connectivity index (χ3n) is 4.97. The standard InChI is InChI=1S/C20H29NO3/c1-21(17-8-5-3-4-6-9-17)20(23)11-7-10-19(22)16-12-14-18(24-2)15-13-16/h12-15,17H,3-11H2,1-2H3. The number of ketones is 1. The number of carbonyl (C=O) groups is 2. The van der Waals surface area contributed by atoms with Crippen LogP contribution < -0.4 is 4.74 Å². The van der Waals surface area contributed by atoms with E-state index in [2.05, 4.69) is 0 Å². The number of carbonyl (C=O) groups excluding carboxylic acids is 2. The second-order valence-electron chi connectivity index (χ2n) is 6.66. The molecular formula is C20H29NO3. The number of ether oxygens (including phenoxy) is 1. The summed E-state index contributed by atoms with van der Waals surface area (Å²) in [5, 5.41) is 0. The van der Waals surface area contributed by atoms with Gasteiger partial charge in [-0.25, -0.2) is 0 Å². The molecule has 0 saturated heterocycles. The van der Waals surface area contributed by atoms with Crippen LogP contribution in [0.5, 0.6) is 5.75 Å². The van der Waals surface area contributed by atoms with Crippen molar-refractivity contribution in [1.29, 1.82) is 0 Å². The fourth-order valence-electron chi connectivity index (χ4n) is 3.35. The highest BCUT2D eigenvalue weighted by Crippen LogP contribution is 2.22. The Hall–Kier alpha value is -1.84. The van der Waals surface area contributed by atoms with Gasteiger partial charge < -0.3 is 9.64 Å². The summed E-state index contributed by atoms with van der Waals surface area (Å²) in [4.78, 5) is 26.5. The van der Waals surface area contributed by atoms with Crippen molar-refractivity contribution in [2.24, 2.45) is 0 Å². The predicted molar refractivity (Wildman–Crippen MR) is 95.4 cm³/mol. The number of rotatable bonds is 7. The molecule has 0 N–H and O–H groups in total. The van der Waals surface area contributed by atoms with Crippen LogP contribution in [0.4, 0.5) is 0 Å². The highest BCUT2D eigenvalue weighted by Gasteiger charge is 2.21. The van der Waals surface area contributed by atoms with E-state index in [1.54, 1.807) is 31.4 Å². The number of hydrogen-bond acceptors (Lipinski definition) is 3. The van der Waals surface area contributed by atoms with Gasteiger partial charge in [0.15, 0.2) is 5.78 Å². The van der Waals surface area contributed by atoms with Crippen LogP contribution in [0.1, 0.15) is 68.1 Å². The Labute approximate surface area is 145 Å². The number of nitrogens with zero attached hydrogens (tertiary/aromatic N) is 1. The smallest absolute Gasteiger partial charge is 0.222 e. The molecule has 1 amide bonds. The predicted octanol–water partition coefficient (Wildman–Crippen LogP) is 4.23. The Bertz CT molecular complexity index is 530. The highest BCUT2D eigenvalue weighted by molar-refractivity contribution is 5.96. The van der Waals surface area contributed by atoms with E-state index in [4.69, 9.17) is 4.74 Å². The zero-order valence-corrected chi connectivity index (χ0v) is 14.9. The van der Waals surface area contributed by atoms with Crippen molar-refractivity contribution in [3.05, 3.63) is 29.8 Å². The first-order valence-electron chi connectivity index (χ1n) is 9.04. The molecule has 4 heteroatoms. The van der Waals surface area contributed by atoms with Gasteiger partial charge in [-0.05, 0) is 43.5 Å². The highest BCUT2D eigenvalue weighted by atomic mass is 16.5. The molecule has 1 aromatic carbocycles. The summed E-state index contributed by atoms with van der Waals surface area (Å²) in [6.07, 6.45) is 8.73. The van der Waals surface area contributed by atoms with E-state index in [1.165, 1.54) is 25.7 Å². The van der Waals surface area contributed by atoms with Gasteiger partial charge in [-0.3, -0.25) is 9.59 Å². The molecule has 1 aromatic rings. The van der Waals surface area contributed by atoms with Crippen LogP contribution >= 0.6 is 0 Å². The molecule has 0 spiro atoms. The molecule has 1 aliphatic rings. The molecule has 0 heterocycles. The largest absolute Gasteiger partial charge is 0.497 e. The molecule has 1 fully saturated rings. The van der Waals surface area contributed by atoms with E-state index >= 15 is 0 Å². The van der Waals surface area contributed by atoms with Gasteiger partial charge in [0, 0.05) is 31.5 Å². The van der Waals surface area contributed by atoms with E-state index in [0.29, 0.717) is 30.9 Å². The molecule has 0 radical (unpaired) electrons. The van der Waals surface area contributed by atoms with Gasteiger partial charge in [0.1, 0.15) is 5.75 Å². The molecule has 1 aliphatic carbocycles. The Morgan fingerprint density at radius 2 is 1.67 bits per heavy atom. The number of benzene rings is 1. The number of amides is 1. The summed E-state index contributed by atoms with van der Waals surface area (Å²) in [5.41, 5.74) is 0.681. The van der Waals surface area contributed by atoms with E-state index in [-0.39, 0.29) is 11.7 Å². The van der Waals surface area contributed by atoms with E-state index < -0.39 is 0 Å². The molecule has 4 nitrogen and oxygen atoms in total. The van der Waals surface area contributed by atoms with Crippen LogP contribution in [-0.4, -0.2) is 36.8 Å². The molecule has 132 valence electrons. The number of hydrogen-bond donors (Lipinski definition) is 0. The summed E-state index contributed by atoms with van der Waals surface area (Å²) in [6, 6.07) is 7.52. The average molecular weight is 331 g/mol. The van der Waals surface area contributed by atoms with Gasteiger partial charge >= 0.3 is 0 Å². The Kier molecular flexibility index (Phi) is 7.29. The fourth-order valence-corrected chi connectivity index (χ4v) is 3.35. The van der Waals surface area contributed by atoms with Crippen LogP contribution in [0.3, 0.4) is 0 Å². The minimum Gasteiger partial charge on any atom is -0.497 e. The fraction of sp³-hybridized carbons (Fsp3) is 0.600. The van der Waals surface area contributed by atoms with E-state index in [1.807, 2.05) is 11.9 Å². The quantitative estimate of drug-likeness (QED) is 0.555. The minimum atomic E-state index is 0.0857. The van der Waals surface area contributed by atoms with E-state index in [0.717, 1.165) is 18.6 Å². The maximum atomic E-state index is 12.4. The zero-order valence-electron chi connectivity index (χ0n) is 14.9. The molecular weight excluding hydrogens is 302 g/mol. The van der Waals surface area contributed by atoms with Gasteiger partial charge in [0.25, 0.3) is 0 Å². The van der Waals surface area contributed by atoms with E-state index in [9.17, 15) is 9.59 Å². The van der Waals surface area contributed by atoms with Gasteiger partial charge in [-0.1, -0.05) is 25.7 Å². The van der Waals surface area contributed by atoms with Crippen molar-refractivity contribution in [3.63, 3.8) is 0 Å². The second kappa shape index (κ2) is 9.45. The molecule has 24 heavy (non-hydrogen) atoms. The Morgan fingerprint density at radius 1 is 1.04 bits per heavy atom. The monoisotopic (exact) mass is 331 g/mol. The van der Waals surface area contributed by atoms with Gasteiger partial charge in [0.05, 0.1) is 7.11 Å². The normalized spacial score (nSPS) is 15.6. The zero-order chi connectivity index (χ0) is 17.4. The lowest BCUT2D eigenvalue weighted by molar-refractivity contribution is -0.132. The third kappa shape index (κ3) is 5.36. The maximum Gasteiger partial charge on any atom is 0.222 e. The van der Waals surface area contributed by atoms with Gasteiger partial charge in [0.2, 0.25) is 5.91 Å². The first-order chi connectivity index (χ1) is 11.6. The Balaban J connectivity index is 1.75. The summed E-state index contributed by atoms with van der Waals surface area (Å²) in [6.45, 7) is 0. The average Bonchev–Trinajstić information content (AvgIpc) is 2.90. The lowest BCUT2D eigenvalue weighted by atomic mass is 10.0.